The van der Waals surface area contributed by atoms with Crippen LogP contribution in [0.2, 0.25) is 0 Å². The summed E-state index contributed by atoms with van der Waals surface area (Å²) >= 11 is 0. The number of nitrogens with zero attached hydrogens (tertiary/aromatic N) is 2. The van der Waals surface area contributed by atoms with Gasteiger partial charge in [0.25, 0.3) is 0 Å². The van der Waals surface area contributed by atoms with Crippen molar-refractivity contribution in [3.05, 3.63) is 134 Å². The van der Waals surface area contributed by atoms with Crippen molar-refractivity contribution < 1.29 is 0 Å². The van der Waals surface area contributed by atoms with Crippen LogP contribution in [0.25, 0.3) is 82.4 Å². The van der Waals surface area contributed by atoms with E-state index in [-0.39, 0.29) is 0 Å². The highest BCUT2D eigenvalue weighted by molar-refractivity contribution is 6.21. The van der Waals surface area contributed by atoms with Crippen molar-refractivity contribution in [1.82, 2.24) is 9.55 Å². The van der Waals surface area contributed by atoms with Crippen molar-refractivity contribution in [2.24, 2.45) is 0 Å². The van der Waals surface area contributed by atoms with Crippen LogP contribution in [-0.2, 0) is 0 Å². The van der Waals surface area contributed by atoms with Crippen molar-refractivity contribution in [2.45, 2.75) is 0 Å². The van der Waals surface area contributed by atoms with Gasteiger partial charge in [-0.3, -0.25) is 4.98 Å². The lowest BCUT2D eigenvalue weighted by Gasteiger charge is -2.11. The summed E-state index contributed by atoms with van der Waals surface area (Å²) in [4.78, 5) is 4.23. The van der Waals surface area contributed by atoms with Gasteiger partial charge in [0.15, 0.2) is 0 Å². The van der Waals surface area contributed by atoms with E-state index >= 15 is 0 Å². The lowest BCUT2D eigenvalue weighted by Crippen LogP contribution is -1.93. The molecule has 0 spiro atoms. The smallest absolute Gasteiger partial charge is 0.0541 e. The predicted molar refractivity (Wildman–Crippen MR) is 163 cm³/mol. The Morgan fingerprint density at radius 3 is 1.92 bits per heavy atom. The average molecular weight is 495 g/mol. The topological polar surface area (TPSA) is 17.8 Å². The van der Waals surface area contributed by atoms with E-state index in [1.54, 1.807) is 0 Å². The fourth-order valence-electron chi connectivity index (χ4n) is 6.71. The van der Waals surface area contributed by atoms with E-state index in [0.29, 0.717) is 0 Å². The van der Waals surface area contributed by atoms with E-state index in [0.717, 1.165) is 5.69 Å². The van der Waals surface area contributed by atoms with E-state index in [9.17, 15) is 0 Å². The molecule has 2 heterocycles. The molecular formula is C37H22N2. The second-order valence-corrected chi connectivity index (χ2v) is 10.4. The largest absolute Gasteiger partial charge is 0.309 e. The zero-order valence-corrected chi connectivity index (χ0v) is 21.1. The molecule has 39 heavy (non-hydrogen) atoms. The van der Waals surface area contributed by atoms with Crippen LogP contribution in [0.3, 0.4) is 0 Å². The quantitative estimate of drug-likeness (QED) is 0.234. The van der Waals surface area contributed by atoms with Crippen LogP contribution in [0.5, 0.6) is 0 Å². The van der Waals surface area contributed by atoms with Gasteiger partial charge in [-0.05, 0) is 97.4 Å². The maximum atomic E-state index is 4.23. The van der Waals surface area contributed by atoms with E-state index in [1.807, 2.05) is 12.4 Å². The number of pyridine rings is 1. The molecule has 0 bridgehead atoms. The summed E-state index contributed by atoms with van der Waals surface area (Å²) in [6, 6.07) is 44.6. The molecule has 2 nitrogen and oxygen atoms in total. The molecule has 6 aromatic carbocycles. The van der Waals surface area contributed by atoms with Gasteiger partial charge in [-0.2, -0.15) is 0 Å². The molecule has 1 aliphatic carbocycles. The Kier molecular flexibility index (Phi) is 4.08. The third-order valence-corrected chi connectivity index (χ3v) is 8.41. The summed E-state index contributed by atoms with van der Waals surface area (Å²) in [5, 5.41) is 7.77. The van der Waals surface area contributed by atoms with Crippen molar-refractivity contribution >= 4 is 43.4 Å². The van der Waals surface area contributed by atoms with Crippen LogP contribution in [0.4, 0.5) is 0 Å². The highest BCUT2D eigenvalue weighted by atomic mass is 15.0. The van der Waals surface area contributed by atoms with Crippen molar-refractivity contribution in [3.8, 4) is 39.1 Å². The minimum absolute atomic E-state index is 1.12. The zero-order chi connectivity index (χ0) is 25.5. The average Bonchev–Trinajstić information content (AvgIpc) is 3.50. The Hall–Kier alpha value is -5.21. The van der Waals surface area contributed by atoms with Crippen LogP contribution in [-0.4, -0.2) is 9.55 Å². The Bertz CT molecular complexity index is 2220. The number of hydrogen-bond acceptors (Lipinski definition) is 1. The van der Waals surface area contributed by atoms with Gasteiger partial charge in [0.05, 0.1) is 11.0 Å². The molecule has 0 unspecified atom stereocenters. The first kappa shape index (κ1) is 20.8. The SMILES string of the molecule is c1ccc2cc3c(cc2c1)-c1cccc2c(-c4ccc5c(c4)c4ccccc4n5-c4ccncc4)ccc-3c12. The molecule has 0 aliphatic heterocycles. The maximum Gasteiger partial charge on any atom is 0.0541 e. The third kappa shape index (κ3) is 2.83. The number of hydrogen-bond donors (Lipinski definition) is 0. The van der Waals surface area contributed by atoms with Gasteiger partial charge in [0.1, 0.15) is 0 Å². The minimum Gasteiger partial charge on any atom is -0.309 e. The van der Waals surface area contributed by atoms with E-state index < -0.39 is 0 Å². The first-order valence-corrected chi connectivity index (χ1v) is 13.4. The molecule has 0 radical (unpaired) electrons. The lowest BCUT2D eigenvalue weighted by molar-refractivity contribution is 1.16. The number of para-hydroxylation sites is 1. The fourth-order valence-corrected chi connectivity index (χ4v) is 6.71. The lowest BCUT2D eigenvalue weighted by atomic mass is 9.93. The molecule has 0 N–H and O–H groups in total. The summed E-state index contributed by atoms with van der Waals surface area (Å²) in [5.74, 6) is 0. The van der Waals surface area contributed by atoms with Gasteiger partial charge in [0.2, 0.25) is 0 Å². The number of aromatic nitrogens is 2. The van der Waals surface area contributed by atoms with E-state index in [1.165, 1.54) is 76.7 Å². The van der Waals surface area contributed by atoms with Crippen LogP contribution in [0.15, 0.2) is 134 Å². The van der Waals surface area contributed by atoms with Gasteiger partial charge < -0.3 is 4.57 Å². The number of fused-ring (bicyclic) bond motifs is 7. The van der Waals surface area contributed by atoms with E-state index in [2.05, 4.69) is 131 Å². The highest BCUT2D eigenvalue weighted by Crippen LogP contribution is 2.50. The van der Waals surface area contributed by atoms with Crippen molar-refractivity contribution in [1.29, 1.82) is 0 Å². The molecule has 2 heteroatoms. The second-order valence-electron chi connectivity index (χ2n) is 10.4. The standard InChI is InChI=1S/C37H22N2/c1-2-7-24-21-33-31-14-13-27(29-9-5-10-30(37(29)31)32(33)20-23(24)6-1)25-12-15-36-34(22-25)28-8-3-4-11-35(28)39(36)26-16-18-38-19-17-26/h1-22H. The van der Waals surface area contributed by atoms with Gasteiger partial charge >= 0.3 is 0 Å². The summed E-state index contributed by atoms with van der Waals surface area (Å²) < 4.78 is 2.34. The van der Waals surface area contributed by atoms with Gasteiger partial charge in [0, 0.05) is 28.9 Å². The molecule has 0 amide bonds. The summed E-state index contributed by atoms with van der Waals surface area (Å²) in [6.07, 6.45) is 3.72. The van der Waals surface area contributed by atoms with Gasteiger partial charge in [-0.1, -0.05) is 78.9 Å². The van der Waals surface area contributed by atoms with Crippen molar-refractivity contribution in [2.75, 3.05) is 0 Å². The predicted octanol–water partition coefficient (Wildman–Crippen LogP) is 9.80. The van der Waals surface area contributed by atoms with Crippen LogP contribution in [0.1, 0.15) is 0 Å². The first-order chi connectivity index (χ1) is 19.3. The fraction of sp³-hybridized carbons (Fsp3) is 0. The maximum absolute atomic E-state index is 4.23. The molecule has 0 atom stereocenters. The Morgan fingerprint density at radius 1 is 0.436 bits per heavy atom. The first-order valence-electron chi connectivity index (χ1n) is 13.4. The Labute approximate surface area is 225 Å². The molecule has 180 valence electrons. The summed E-state index contributed by atoms with van der Waals surface area (Å²) in [6.45, 7) is 0. The summed E-state index contributed by atoms with van der Waals surface area (Å²) in [7, 11) is 0. The molecule has 9 rings (SSSR count). The van der Waals surface area contributed by atoms with Crippen LogP contribution < -0.4 is 0 Å². The highest BCUT2D eigenvalue weighted by Gasteiger charge is 2.23. The molecule has 2 aromatic heterocycles. The van der Waals surface area contributed by atoms with Crippen molar-refractivity contribution in [3.63, 3.8) is 0 Å². The number of rotatable bonds is 2. The third-order valence-electron chi connectivity index (χ3n) is 8.41. The Morgan fingerprint density at radius 2 is 1.10 bits per heavy atom. The molecule has 1 aliphatic rings. The zero-order valence-electron chi connectivity index (χ0n) is 21.1. The monoisotopic (exact) mass is 494 g/mol. The second kappa shape index (κ2) is 7.66. The minimum atomic E-state index is 1.12. The molecular weight excluding hydrogens is 472 g/mol. The molecule has 8 aromatic rings. The molecule has 0 saturated carbocycles. The number of benzene rings is 6. The van der Waals surface area contributed by atoms with Crippen LogP contribution >= 0.6 is 0 Å². The summed E-state index contributed by atoms with van der Waals surface area (Å²) in [5.41, 5.74) is 11.4. The Balaban J connectivity index is 1.30. The van der Waals surface area contributed by atoms with E-state index in [4.69, 9.17) is 0 Å². The van der Waals surface area contributed by atoms with Crippen LogP contribution in [0, 0.1) is 0 Å². The van der Waals surface area contributed by atoms with Gasteiger partial charge in [-0.15, -0.1) is 0 Å². The van der Waals surface area contributed by atoms with Gasteiger partial charge in [-0.25, -0.2) is 0 Å². The molecule has 0 saturated heterocycles. The molecule has 0 fully saturated rings. The normalized spacial score (nSPS) is 12.1.